The van der Waals surface area contributed by atoms with Crippen LogP contribution < -0.4 is 11.0 Å². The second kappa shape index (κ2) is 10.6. The van der Waals surface area contributed by atoms with Gasteiger partial charge in [0.25, 0.3) is 0 Å². The van der Waals surface area contributed by atoms with Crippen molar-refractivity contribution in [3.8, 4) is 11.4 Å². The number of allylic oxidation sites excluding steroid dienone is 1. The van der Waals surface area contributed by atoms with Crippen LogP contribution in [0, 0.1) is 24.7 Å². The summed E-state index contributed by atoms with van der Waals surface area (Å²) in [5, 5.41) is 2.85. The Morgan fingerprint density at radius 1 is 0.974 bits per heavy atom. The second-order valence-corrected chi connectivity index (χ2v) is 11.1. The number of rotatable bonds is 5. The van der Waals surface area contributed by atoms with Gasteiger partial charge in [-0.1, -0.05) is 68.8 Å². The molecule has 1 aliphatic heterocycles. The van der Waals surface area contributed by atoms with Gasteiger partial charge in [0.1, 0.15) is 11.7 Å². The van der Waals surface area contributed by atoms with Gasteiger partial charge in [0.15, 0.2) is 11.6 Å². The van der Waals surface area contributed by atoms with Crippen LogP contribution in [0.5, 0.6) is 0 Å². The molecule has 0 spiro atoms. The fraction of sp³-hybridized carbons (Fsp3) is 0.387. The van der Waals surface area contributed by atoms with E-state index in [-0.39, 0.29) is 47.6 Å². The topological polar surface area (TPSA) is 103 Å². The van der Waals surface area contributed by atoms with Crippen molar-refractivity contribution in [3.63, 3.8) is 0 Å². The summed E-state index contributed by atoms with van der Waals surface area (Å²) in [5.41, 5.74) is 3.25. The third-order valence-electron chi connectivity index (χ3n) is 7.73. The lowest BCUT2D eigenvalue weighted by Crippen LogP contribution is -2.37. The molecule has 0 radical (unpaired) electrons. The van der Waals surface area contributed by atoms with Crippen LogP contribution in [0.2, 0.25) is 0 Å². The minimum Gasteiger partial charge on any atom is -0.458 e. The Morgan fingerprint density at radius 2 is 1.64 bits per heavy atom. The lowest BCUT2D eigenvalue weighted by Gasteiger charge is -2.37. The number of carbonyl (C=O) groups is 2. The van der Waals surface area contributed by atoms with E-state index in [0.717, 1.165) is 18.4 Å². The van der Waals surface area contributed by atoms with Gasteiger partial charge < -0.3 is 10.1 Å². The molecule has 2 atom stereocenters. The van der Waals surface area contributed by atoms with Gasteiger partial charge in [-0.15, -0.1) is 0 Å². The number of fused-ring (bicyclic) bond motifs is 1. The lowest BCUT2D eigenvalue weighted by molar-refractivity contribution is -0.150. The lowest BCUT2D eigenvalue weighted by atomic mass is 9.75. The minimum absolute atomic E-state index is 0.0934. The fourth-order valence-electron chi connectivity index (χ4n) is 6.05. The summed E-state index contributed by atoms with van der Waals surface area (Å²) in [6.45, 7) is 9.97. The van der Waals surface area contributed by atoms with Crippen molar-refractivity contribution in [2.75, 3.05) is 5.32 Å². The number of hydrogen-bond acceptors (Lipinski definition) is 6. The normalized spacial score (nSPS) is 22.4. The van der Waals surface area contributed by atoms with Gasteiger partial charge in [0.05, 0.1) is 6.54 Å². The maximum Gasteiger partial charge on any atom is 0.351 e. The molecule has 1 amide bonds. The SMILES string of the molecule is CC(=O)Nc1ccccc1C1=C(C(=O)OC2C(C)CC(C)CC2C)c2nc(-c3ccc(C)cc3)nc(=O)n2C1. The van der Waals surface area contributed by atoms with E-state index in [4.69, 9.17) is 9.72 Å². The van der Waals surface area contributed by atoms with E-state index in [0.29, 0.717) is 28.3 Å². The quantitative estimate of drug-likeness (QED) is 0.464. The predicted octanol–water partition coefficient (Wildman–Crippen LogP) is 5.11. The van der Waals surface area contributed by atoms with Crippen LogP contribution in [0.3, 0.4) is 0 Å². The molecular formula is C31H34N4O4. The van der Waals surface area contributed by atoms with E-state index in [1.807, 2.05) is 49.4 Å². The first-order chi connectivity index (χ1) is 18.6. The summed E-state index contributed by atoms with van der Waals surface area (Å²) in [6, 6.07) is 14.8. The van der Waals surface area contributed by atoms with Crippen molar-refractivity contribution in [3.05, 3.63) is 76.0 Å². The first kappa shape index (κ1) is 26.5. The van der Waals surface area contributed by atoms with Gasteiger partial charge in [0, 0.05) is 23.7 Å². The van der Waals surface area contributed by atoms with E-state index in [1.165, 1.54) is 11.5 Å². The summed E-state index contributed by atoms with van der Waals surface area (Å²) in [6.07, 6.45) is 1.72. The Labute approximate surface area is 228 Å². The van der Waals surface area contributed by atoms with Gasteiger partial charge >= 0.3 is 11.7 Å². The standard InChI is InChI=1S/C31H34N4O4/c1-17-10-12-22(13-11-17)28-33-29-26(30(37)39-27-19(3)14-18(2)15-20(27)4)24(16-35(29)31(38)34-28)23-8-6-7-9-25(23)32-21(5)36/h6-13,18-20,27H,14-16H2,1-5H3,(H,32,36). The van der Waals surface area contributed by atoms with Crippen LogP contribution in [-0.4, -0.2) is 32.5 Å². The Balaban J connectivity index is 1.65. The molecule has 1 aliphatic carbocycles. The van der Waals surface area contributed by atoms with Crippen molar-refractivity contribution < 1.29 is 14.3 Å². The van der Waals surface area contributed by atoms with Crippen LogP contribution in [0.4, 0.5) is 5.69 Å². The van der Waals surface area contributed by atoms with E-state index in [1.54, 1.807) is 6.07 Å². The Kier molecular flexibility index (Phi) is 7.21. The molecule has 0 bridgehead atoms. The highest BCUT2D eigenvalue weighted by atomic mass is 16.5. The number of nitrogens with zero attached hydrogens (tertiary/aromatic N) is 3. The van der Waals surface area contributed by atoms with Crippen molar-refractivity contribution in [2.24, 2.45) is 17.8 Å². The highest BCUT2D eigenvalue weighted by molar-refractivity contribution is 6.25. The molecular weight excluding hydrogens is 492 g/mol. The summed E-state index contributed by atoms with van der Waals surface area (Å²) >= 11 is 0. The molecule has 0 saturated heterocycles. The first-order valence-electron chi connectivity index (χ1n) is 13.5. The van der Waals surface area contributed by atoms with E-state index in [2.05, 4.69) is 31.1 Å². The fourth-order valence-corrected chi connectivity index (χ4v) is 6.05. The maximum atomic E-state index is 14.0. The highest BCUT2D eigenvalue weighted by Crippen LogP contribution is 2.40. The van der Waals surface area contributed by atoms with Crippen molar-refractivity contribution >= 4 is 28.7 Å². The number of benzene rings is 2. The number of carbonyl (C=O) groups excluding carboxylic acids is 2. The molecule has 39 heavy (non-hydrogen) atoms. The van der Waals surface area contributed by atoms with E-state index < -0.39 is 11.7 Å². The second-order valence-electron chi connectivity index (χ2n) is 11.1. The number of aryl methyl sites for hydroxylation is 1. The summed E-state index contributed by atoms with van der Waals surface area (Å²) in [7, 11) is 0. The first-order valence-corrected chi connectivity index (χ1v) is 13.5. The molecule has 1 fully saturated rings. The third-order valence-corrected chi connectivity index (χ3v) is 7.73. The van der Waals surface area contributed by atoms with Gasteiger partial charge in [-0.2, -0.15) is 4.98 Å². The zero-order chi connectivity index (χ0) is 27.8. The van der Waals surface area contributed by atoms with Crippen molar-refractivity contribution in [2.45, 2.75) is 60.1 Å². The monoisotopic (exact) mass is 526 g/mol. The minimum atomic E-state index is -0.514. The molecule has 2 aliphatic rings. The maximum absolute atomic E-state index is 14.0. The number of nitrogens with one attached hydrogen (secondary N) is 1. The molecule has 1 saturated carbocycles. The van der Waals surface area contributed by atoms with Gasteiger partial charge in [0.2, 0.25) is 5.91 Å². The molecule has 2 unspecified atom stereocenters. The predicted molar refractivity (Wildman–Crippen MR) is 151 cm³/mol. The highest BCUT2D eigenvalue weighted by Gasteiger charge is 2.38. The number of ether oxygens (including phenoxy) is 1. The van der Waals surface area contributed by atoms with E-state index in [9.17, 15) is 14.4 Å². The van der Waals surface area contributed by atoms with Crippen molar-refractivity contribution in [1.29, 1.82) is 0 Å². The van der Waals surface area contributed by atoms with E-state index >= 15 is 0 Å². The molecule has 3 aromatic rings. The van der Waals surface area contributed by atoms with Crippen LogP contribution in [0.15, 0.2) is 53.3 Å². The number of anilines is 1. The average molecular weight is 527 g/mol. The molecule has 1 aromatic heterocycles. The zero-order valence-electron chi connectivity index (χ0n) is 23.0. The Morgan fingerprint density at radius 3 is 2.31 bits per heavy atom. The molecule has 2 aromatic carbocycles. The van der Waals surface area contributed by atoms with Crippen LogP contribution in [0.25, 0.3) is 22.5 Å². The van der Waals surface area contributed by atoms with Crippen molar-refractivity contribution in [1.82, 2.24) is 14.5 Å². The molecule has 1 N–H and O–H groups in total. The number of para-hydroxylation sites is 1. The molecule has 5 rings (SSSR count). The molecule has 8 nitrogen and oxygen atoms in total. The average Bonchev–Trinajstić information content (AvgIpc) is 3.26. The van der Waals surface area contributed by atoms with Gasteiger partial charge in [-0.3, -0.25) is 9.36 Å². The Bertz CT molecular complexity index is 1510. The summed E-state index contributed by atoms with van der Waals surface area (Å²) in [5.74, 6) is 0.718. The number of hydrogen-bond donors (Lipinski definition) is 1. The summed E-state index contributed by atoms with van der Waals surface area (Å²) < 4.78 is 7.63. The summed E-state index contributed by atoms with van der Waals surface area (Å²) in [4.78, 5) is 48.2. The van der Waals surface area contributed by atoms with Gasteiger partial charge in [-0.25, -0.2) is 14.6 Å². The van der Waals surface area contributed by atoms with Crippen LogP contribution in [0.1, 0.15) is 57.5 Å². The Hall–Kier alpha value is -4.07. The van der Waals surface area contributed by atoms with Crippen LogP contribution in [-0.2, 0) is 20.9 Å². The molecule has 8 heteroatoms. The largest absolute Gasteiger partial charge is 0.458 e. The number of aromatic nitrogens is 3. The molecule has 2 heterocycles. The van der Waals surface area contributed by atoms with Gasteiger partial charge in [-0.05, 0) is 49.2 Å². The van der Waals surface area contributed by atoms with Crippen LogP contribution >= 0.6 is 0 Å². The number of esters is 1. The zero-order valence-corrected chi connectivity index (χ0v) is 23.0. The third kappa shape index (κ3) is 5.28. The number of amides is 1. The smallest absolute Gasteiger partial charge is 0.351 e. The molecule has 202 valence electrons.